The minimum Gasteiger partial charge on any atom is -0.497 e. The Balaban J connectivity index is 1.67. The van der Waals surface area contributed by atoms with Crippen LogP contribution in [0.5, 0.6) is 11.5 Å². The van der Waals surface area contributed by atoms with Crippen LogP contribution in [-0.4, -0.2) is 30.1 Å². The minimum atomic E-state index is -0.497. The Morgan fingerprint density at radius 1 is 1.07 bits per heavy atom. The second-order valence-corrected chi connectivity index (χ2v) is 10.4. The molecule has 0 aliphatic heterocycles. The molecule has 0 bridgehead atoms. The van der Waals surface area contributed by atoms with Gasteiger partial charge in [0.05, 0.1) is 31.1 Å². The fourth-order valence-electron chi connectivity index (χ4n) is 4.18. The molecule has 3 N–H and O–H groups in total. The molecule has 9 nitrogen and oxygen atoms in total. The maximum absolute atomic E-state index is 13.1. The number of hydrogen-bond acceptors (Lipinski definition) is 7. The summed E-state index contributed by atoms with van der Waals surface area (Å²) in [5.41, 5.74) is 3.08. The number of carbonyl (C=O) groups excluding carboxylic acids is 1. The lowest BCUT2D eigenvalue weighted by molar-refractivity contribution is -0.112. The van der Waals surface area contributed by atoms with Crippen molar-refractivity contribution in [2.45, 2.75) is 27.7 Å². The summed E-state index contributed by atoms with van der Waals surface area (Å²) in [6.45, 7) is 7.66. The molecule has 0 saturated heterocycles. The maximum atomic E-state index is 13.1. The highest BCUT2D eigenvalue weighted by Crippen LogP contribution is 2.32. The smallest absolute Gasteiger partial charge is 0.266 e. The Bertz CT molecular complexity index is 1700. The van der Waals surface area contributed by atoms with Crippen molar-refractivity contribution in [1.29, 1.82) is 5.26 Å². The van der Waals surface area contributed by atoms with Gasteiger partial charge in [0.2, 0.25) is 0 Å². The number of aryl methyl sites for hydroxylation is 1. The third-order valence-electron chi connectivity index (χ3n) is 6.11. The van der Waals surface area contributed by atoms with Gasteiger partial charge in [-0.25, -0.2) is 4.98 Å². The van der Waals surface area contributed by atoms with Gasteiger partial charge in [-0.15, -0.1) is 0 Å². The number of aromatic nitrogens is 2. The van der Waals surface area contributed by atoms with Crippen molar-refractivity contribution in [3.8, 4) is 28.7 Å². The summed E-state index contributed by atoms with van der Waals surface area (Å²) >= 11 is 0. The van der Waals surface area contributed by atoms with Crippen LogP contribution in [0.15, 0.2) is 71.2 Å². The SMILES string of the molecule is COc1cc(OC)cc(-c2cc3cnc(Nc4c(C)cccc4NC(=O)/C(C#N)=C\C(C)(C)C)cc3[nH]c2=O)c1. The second-order valence-electron chi connectivity index (χ2n) is 10.4. The highest BCUT2D eigenvalue weighted by molar-refractivity contribution is 6.08. The lowest BCUT2D eigenvalue weighted by atomic mass is 9.93. The number of nitrogens with one attached hydrogen (secondary N) is 3. The zero-order chi connectivity index (χ0) is 29.0. The zero-order valence-corrected chi connectivity index (χ0v) is 23.3. The van der Waals surface area contributed by atoms with Crippen molar-refractivity contribution in [3.05, 3.63) is 82.3 Å². The third-order valence-corrected chi connectivity index (χ3v) is 6.11. The van der Waals surface area contributed by atoms with Crippen molar-refractivity contribution in [1.82, 2.24) is 9.97 Å². The summed E-state index contributed by atoms with van der Waals surface area (Å²) in [5, 5.41) is 16.3. The molecule has 0 aliphatic rings. The number of nitrogens with zero attached hydrogens (tertiary/aromatic N) is 2. The average molecular weight is 538 g/mol. The molecule has 0 spiro atoms. The Labute approximate surface area is 232 Å². The number of methoxy groups -OCH3 is 2. The van der Waals surface area contributed by atoms with Crippen LogP contribution in [0.3, 0.4) is 0 Å². The maximum Gasteiger partial charge on any atom is 0.266 e. The Morgan fingerprint density at radius 3 is 2.40 bits per heavy atom. The van der Waals surface area contributed by atoms with E-state index in [1.165, 1.54) is 0 Å². The van der Waals surface area contributed by atoms with E-state index in [0.717, 1.165) is 10.9 Å². The number of ether oxygens (including phenoxy) is 2. The predicted molar refractivity (Wildman–Crippen MR) is 157 cm³/mol. The van der Waals surface area contributed by atoms with Gasteiger partial charge in [0.25, 0.3) is 11.5 Å². The highest BCUT2D eigenvalue weighted by atomic mass is 16.5. The van der Waals surface area contributed by atoms with Crippen LogP contribution in [0, 0.1) is 23.7 Å². The normalized spacial score (nSPS) is 11.6. The molecule has 4 aromatic rings. The van der Waals surface area contributed by atoms with Gasteiger partial charge >= 0.3 is 0 Å². The summed E-state index contributed by atoms with van der Waals surface area (Å²) in [5.74, 6) is 1.12. The highest BCUT2D eigenvalue weighted by Gasteiger charge is 2.17. The van der Waals surface area contributed by atoms with E-state index in [1.54, 1.807) is 62.9 Å². The minimum absolute atomic E-state index is 0.0332. The van der Waals surface area contributed by atoms with Gasteiger partial charge < -0.3 is 25.1 Å². The second kappa shape index (κ2) is 11.3. The first-order chi connectivity index (χ1) is 19.0. The number of rotatable bonds is 7. The van der Waals surface area contributed by atoms with Crippen LogP contribution in [0.4, 0.5) is 17.2 Å². The summed E-state index contributed by atoms with van der Waals surface area (Å²) in [6, 6.07) is 16.2. The number of nitriles is 1. The van der Waals surface area contributed by atoms with Crippen LogP contribution in [0.2, 0.25) is 0 Å². The zero-order valence-electron chi connectivity index (χ0n) is 23.3. The summed E-state index contributed by atoms with van der Waals surface area (Å²) in [7, 11) is 3.11. The standard InChI is InChI=1S/C31H31N5O4/c1-18-8-7-9-25(34-29(37)21(16-32)15-31(2,3)4)28(18)36-27-14-26-20(17-33-27)12-24(30(38)35-26)19-10-22(39-5)13-23(11-19)40-6/h7-15,17H,1-6H3,(H,33,36)(H,34,37)(H,35,38)/b21-15-. The quantitative estimate of drug-likeness (QED) is 0.192. The first kappa shape index (κ1) is 27.9. The van der Waals surface area contributed by atoms with Gasteiger partial charge in [0.1, 0.15) is 29.0 Å². The van der Waals surface area contributed by atoms with Crippen LogP contribution in [-0.2, 0) is 4.79 Å². The third kappa shape index (κ3) is 6.30. The lowest BCUT2D eigenvalue weighted by Gasteiger charge is -2.17. The number of hydrogen-bond donors (Lipinski definition) is 3. The lowest BCUT2D eigenvalue weighted by Crippen LogP contribution is -2.17. The molecule has 1 amide bonds. The molecule has 0 saturated carbocycles. The Kier molecular flexibility index (Phi) is 7.91. The van der Waals surface area contributed by atoms with E-state index >= 15 is 0 Å². The number of H-pyrrole nitrogens is 1. The van der Waals surface area contributed by atoms with E-state index in [-0.39, 0.29) is 16.5 Å². The first-order valence-corrected chi connectivity index (χ1v) is 12.6. The van der Waals surface area contributed by atoms with Crippen LogP contribution in [0.25, 0.3) is 22.0 Å². The van der Waals surface area contributed by atoms with Crippen molar-refractivity contribution >= 4 is 34.0 Å². The van der Waals surface area contributed by atoms with Crippen molar-refractivity contribution in [2.24, 2.45) is 5.41 Å². The van der Waals surface area contributed by atoms with Gasteiger partial charge in [0.15, 0.2) is 0 Å². The van der Waals surface area contributed by atoms with Crippen molar-refractivity contribution in [2.75, 3.05) is 24.9 Å². The van der Waals surface area contributed by atoms with Crippen LogP contribution in [0.1, 0.15) is 26.3 Å². The molecule has 204 valence electrons. The topological polar surface area (TPSA) is 129 Å². The molecule has 2 aromatic heterocycles. The van der Waals surface area contributed by atoms with E-state index in [4.69, 9.17) is 9.47 Å². The molecule has 9 heteroatoms. The van der Waals surface area contributed by atoms with Crippen molar-refractivity contribution < 1.29 is 14.3 Å². The number of benzene rings is 2. The largest absolute Gasteiger partial charge is 0.497 e. The van der Waals surface area contributed by atoms with Gasteiger partial charge in [0, 0.05) is 29.3 Å². The summed E-state index contributed by atoms with van der Waals surface area (Å²) in [6.07, 6.45) is 3.30. The Hall–Kier alpha value is -5.10. The van der Waals surface area contributed by atoms with E-state index in [9.17, 15) is 14.9 Å². The molecule has 40 heavy (non-hydrogen) atoms. The average Bonchev–Trinajstić information content (AvgIpc) is 2.92. The Morgan fingerprint density at radius 2 is 1.77 bits per heavy atom. The van der Waals surface area contributed by atoms with Gasteiger partial charge in [-0.2, -0.15) is 5.26 Å². The van der Waals surface area contributed by atoms with Crippen molar-refractivity contribution in [3.63, 3.8) is 0 Å². The number of allylic oxidation sites excluding steroid dienone is 1. The van der Waals surface area contributed by atoms with Gasteiger partial charge in [-0.05, 0) is 47.7 Å². The molecule has 4 rings (SSSR count). The van der Waals surface area contributed by atoms with Gasteiger partial charge in [-0.3, -0.25) is 9.59 Å². The van der Waals surface area contributed by atoms with E-state index in [0.29, 0.717) is 45.3 Å². The first-order valence-electron chi connectivity index (χ1n) is 12.6. The molecule has 0 unspecified atom stereocenters. The molecule has 0 aliphatic carbocycles. The number of pyridine rings is 2. The number of carbonyl (C=O) groups is 1. The van der Waals surface area contributed by atoms with Crippen LogP contribution < -0.4 is 25.7 Å². The monoisotopic (exact) mass is 537 g/mol. The summed E-state index contributed by atoms with van der Waals surface area (Å²) in [4.78, 5) is 33.4. The van der Waals surface area contributed by atoms with Gasteiger partial charge in [-0.1, -0.05) is 39.0 Å². The van der Waals surface area contributed by atoms with E-state index in [1.807, 2.05) is 45.9 Å². The van der Waals surface area contributed by atoms with E-state index in [2.05, 4.69) is 20.6 Å². The predicted octanol–water partition coefficient (Wildman–Crippen LogP) is 6.09. The number of anilines is 3. The molecular weight excluding hydrogens is 506 g/mol. The molecule has 0 atom stereocenters. The number of amides is 1. The number of fused-ring (bicyclic) bond motifs is 1. The summed E-state index contributed by atoms with van der Waals surface area (Å²) < 4.78 is 10.7. The fourth-order valence-corrected chi connectivity index (χ4v) is 4.18. The molecular formula is C31H31N5O4. The van der Waals surface area contributed by atoms with E-state index < -0.39 is 5.91 Å². The number of para-hydroxylation sites is 1. The molecule has 0 fully saturated rings. The fraction of sp³-hybridized carbons (Fsp3) is 0.226. The van der Waals surface area contributed by atoms with Crippen LogP contribution >= 0.6 is 0 Å². The molecule has 0 radical (unpaired) electrons. The molecule has 2 aromatic carbocycles. The molecule has 2 heterocycles. The number of aromatic amines is 1.